The van der Waals surface area contributed by atoms with Crippen molar-refractivity contribution in [3.05, 3.63) is 17.0 Å². The van der Waals surface area contributed by atoms with Crippen LogP contribution in [-0.4, -0.2) is 83.0 Å². The Morgan fingerprint density at radius 3 is 2.52 bits per heavy atom. The first-order valence-corrected chi connectivity index (χ1v) is 10.6. The Balaban J connectivity index is 1.22. The molecule has 3 aliphatic rings. The van der Waals surface area contributed by atoms with Gasteiger partial charge in [-0.15, -0.1) is 0 Å². The van der Waals surface area contributed by atoms with Crippen LogP contribution in [0.2, 0.25) is 0 Å². The number of amides is 2. The number of morpholine rings is 1. The average Bonchev–Trinajstić information content (AvgIpc) is 3.21. The normalized spacial score (nSPS) is 23.5. The zero-order valence-corrected chi connectivity index (χ0v) is 17.8. The van der Waals surface area contributed by atoms with Crippen LogP contribution < -0.4 is 0 Å². The molecule has 0 aromatic carbocycles. The van der Waals surface area contributed by atoms with E-state index in [1.54, 1.807) is 0 Å². The van der Waals surface area contributed by atoms with Gasteiger partial charge < -0.3 is 19.3 Å². The number of carbonyl (C=O) groups is 2. The van der Waals surface area contributed by atoms with E-state index in [1.165, 1.54) is 5.56 Å². The van der Waals surface area contributed by atoms with Crippen LogP contribution in [0.15, 0.2) is 0 Å². The smallest absolute Gasteiger partial charge is 0.223 e. The van der Waals surface area contributed by atoms with Gasteiger partial charge in [-0.2, -0.15) is 5.10 Å². The molecular formula is C21H32N4O4. The summed E-state index contributed by atoms with van der Waals surface area (Å²) in [6, 6.07) is 0. The lowest BCUT2D eigenvalue weighted by molar-refractivity contribution is -0.157. The molecule has 2 amide bonds. The summed E-state index contributed by atoms with van der Waals surface area (Å²) in [5.41, 5.74) is 3.08. The fraction of sp³-hybridized carbons (Fsp3) is 0.762. The van der Waals surface area contributed by atoms with Gasteiger partial charge in [-0.05, 0) is 38.2 Å². The summed E-state index contributed by atoms with van der Waals surface area (Å²) < 4.78 is 13.2. The van der Waals surface area contributed by atoms with Gasteiger partial charge in [-0.25, -0.2) is 0 Å². The minimum atomic E-state index is -0.230. The zero-order valence-electron chi connectivity index (χ0n) is 17.8. The van der Waals surface area contributed by atoms with E-state index in [1.807, 2.05) is 35.4 Å². The van der Waals surface area contributed by atoms with Crippen LogP contribution in [0.5, 0.6) is 0 Å². The Kier molecular flexibility index (Phi) is 5.66. The maximum Gasteiger partial charge on any atom is 0.223 e. The number of hydrogen-bond donors (Lipinski definition) is 0. The molecule has 1 unspecified atom stereocenters. The third kappa shape index (κ3) is 4.19. The Bertz CT molecular complexity index is 778. The lowest BCUT2D eigenvalue weighted by Crippen LogP contribution is -2.63. The average molecular weight is 405 g/mol. The molecule has 0 N–H and O–H groups in total. The van der Waals surface area contributed by atoms with E-state index in [0.717, 1.165) is 24.2 Å². The van der Waals surface area contributed by atoms with E-state index >= 15 is 0 Å². The van der Waals surface area contributed by atoms with Gasteiger partial charge in [0.05, 0.1) is 38.6 Å². The number of hydrogen-bond acceptors (Lipinski definition) is 5. The quantitative estimate of drug-likeness (QED) is 0.727. The first-order valence-electron chi connectivity index (χ1n) is 10.6. The minimum absolute atomic E-state index is 0.176. The predicted octanol–water partition coefficient (Wildman–Crippen LogP) is 0.836. The van der Waals surface area contributed by atoms with Crippen molar-refractivity contribution < 1.29 is 19.1 Å². The highest BCUT2D eigenvalue weighted by molar-refractivity contribution is 5.78. The van der Waals surface area contributed by atoms with Crippen LogP contribution in [-0.2, 0) is 32.5 Å². The summed E-state index contributed by atoms with van der Waals surface area (Å²) >= 11 is 0. The Hall–Kier alpha value is -1.93. The molecule has 4 heterocycles. The maximum absolute atomic E-state index is 12.6. The Morgan fingerprint density at radius 1 is 1.14 bits per heavy atom. The van der Waals surface area contributed by atoms with Crippen LogP contribution in [0.1, 0.15) is 36.2 Å². The number of nitrogens with zero attached hydrogens (tertiary/aromatic N) is 4. The molecule has 0 saturated carbocycles. The van der Waals surface area contributed by atoms with Crippen molar-refractivity contribution in [3.63, 3.8) is 0 Å². The molecule has 160 valence electrons. The van der Waals surface area contributed by atoms with Gasteiger partial charge >= 0.3 is 0 Å². The van der Waals surface area contributed by atoms with Gasteiger partial charge in [0.25, 0.3) is 0 Å². The summed E-state index contributed by atoms with van der Waals surface area (Å²) in [5, 5.41) is 4.42. The van der Waals surface area contributed by atoms with Crippen molar-refractivity contribution in [3.8, 4) is 0 Å². The second-order valence-corrected chi connectivity index (χ2v) is 8.78. The molecule has 1 spiro atoms. The van der Waals surface area contributed by atoms with Crippen molar-refractivity contribution in [2.24, 2.45) is 13.0 Å². The van der Waals surface area contributed by atoms with Crippen LogP contribution in [0.4, 0.5) is 0 Å². The number of rotatable bonds is 5. The van der Waals surface area contributed by atoms with E-state index in [0.29, 0.717) is 58.8 Å². The molecule has 0 bridgehead atoms. The van der Waals surface area contributed by atoms with Crippen molar-refractivity contribution in [1.82, 2.24) is 19.6 Å². The maximum atomic E-state index is 12.6. The van der Waals surface area contributed by atoms with Crippen LogP contribution in [0.25, 0.3) is 0 Å². The standard InChI is InChI=1S/C21H32N4O4/c1-15-18(16(2)23(3)22-15)4-5-19(26)25-13-21(14-25)11-17(12-29-21)10-20(27)24-6-8-28-9-7-24/h17H,4-14H2,1-3H3. The van der Waals surface area contributed by atoms with Gasteiger partial charge in [0.1, 0.15) is 5.60 Å². The van der Waals surface area contributed by atoms with E-state index in [2.05, 4.69) is 5.10 Å². The van der Waals surface area contributed by atoms with Gasteiger partial charge in [0, 0.05) is 38.7 Å². The van der Waals surface area contributed by atoms with Crippen LogP contribution >= 0.6 is 0 Å². The fourth-order valence-electron chi connectivity index (χ4n) is 4.87. The van der Waals surface area contributed by atoms with Crippen molar-refractivity contribution in [2.75, 3.05) is 46.0 Å². The molecular weight excluding hydrogens is 372 g/mol. The molecule has 3 fully saturated rings. The molecule has 0 radical (unpaired) electrons. The molecule has 3 saturated heterocycles. The summed E-state index contributed by atoms with van der Waals surface area (Å²) in [6.45, 7) is 8.60. The molecule has 8 nitrogen and oxygen atoms in total. The third-order valence-electron chi connectivity index (χ3n) is 6.67. The van der Waals surface area contributed by atoms with Gasteiger partial charge in [-0.3, -0.25) is 14.3 Å². The van der Waals surface area contributed by atoms with Crippen molar-refractivity contribution >= 4 is 11.8 Å². The third-order valence-corrected chi connectivity index (χ3v) is 6.67. The Morgan fingerprint density at radius 2 is 1.86 bits per heavy atom. The fourth-order valence-corrected chi connectivity index (χ4v) is 4.87. The van der Waals surface area contributed by atoms with E-state index in [9.17, 15) is 9.59 Å². The SMILES string of the molecule is Cc1nn(C)c(C)c1CCC(=O)N1CC2(CC(CC(=O)N3CCOCC3)CO2)C1. The highest BCUT2D eigenvalue weighted by atomic mass is 16.5. The van der Waals surface area contributed by atoms with Crippen LogP contribution in [0, 0.1) is 19.8 Å². The monoisotopic (exact) mass is 404 g/mol. The molecule has 8 heteroatoms. The van der Waals surface area contributed by atoms with Crippen molar-refractivity contribution in [2.45, 2.75) is 45.1 Å². The predicted molar refractivity (Wildman–Crippen MR) is 106 cm³/mol. The highest BCUT2D eigenvalue weighted by Crippen LogP contribution is 2.39. The minimum Gasteiger partial charge on any atom is -0.378 e. The summed E-state index contributed by atoms with van der Waals surface area (Å²) in [7, 11) is 1.94. The first kappa shape index (κ1) is 20.3. The molecule has 1 aromatic heterocycles. The van der Waals surface area contributed by atoms with E-state index in [-0.39, 0.29) is 23.3 Å². The second-order valence-electron chi connectivity index (χ2n) is 8.78. The summed E-state index contributed by atoms with van der Waals surface area (Å²) in [4.78, 5) is 28.9. The second kappa shape index (κ2) is 8.07. The molecule has 1 atom stereocenters. The lowest BCUT2D eigenvalue weighted by Gasteiger charge is -2.47. The Labute approximate surface area is 172 Å². The molecule has 0 aliphatic carbocycles. The molecule has 1 aromatic rings. The number of aryl methyl sites for hydroxylation is 2. The van der Waals surface area contributed by atoms with Gasteiger partial charge in [0.2, 0.25) is 11.8 Å². The summed E-state index contributed by atoms with van der Waals surface area (Å²) in [5.74, 6) is 0.631. The van der Waals surface area contributed by atoms with Gasteiger partial charge in [-0.1, -0.05) is 0 Å². The van der Waals surface area contributed by atoms with Gasteiger partial charge in [0.15, 0.2) is 0 Å². The largest absolute Gasteiger partial charge is 0.378 e. The number of ether oxygens (including phenoxy) is 2. The number of aromatic nitrogens is 2. The highest BCUT2D eigenvalue weighted by Gasteiger charge is 2.51. The summed E-state index contributed by atoms with van der Waals surface area (Å²) in [6.07, 6.45) is 2.64. The molecule has 3 aliphatic heterocycles. The number of carbonyl (C=O) groups excluding carboxylic acids is 2. The lowest BCUT2D eigenvalue weighted by atomic mass is 9.85. The number of likely N-dealkylation sites (tertiary alicyclic amines) is 1. The zero-order chi connectivity index (χ0) is 20.6. The topological polar surface area (TPSA) is 76.9 Å². The molecule has 4 rings (SSSR count). The van der Waals surface area contributed by atoms with E-state index in [4.69, 9.17) is 9.47 Å². The van der Waals surface area contributed by atoms with Crippen LogP contribution in [0.3, 0.4) is 0 Å². The molecule has 29 heavy (non-hydrogen) atoms. The first-order chi connectivity index (χ1) is 13.9. The van der Waals surface area contributed by atoms with Crippen molar-refractivity contribution in [1.29, 1.82) is 0 Å². The van der Waals surface area contributed by atoms with E-state index < -0.39 is 0 Å².